The average Bonchev–Trinajstić information content (AvgIpc) is 3.53. The third-order valence-corrected chi connectivity index (χ3v) is 17.8. The zero-order chi connectivity index (χ0) is 45.4. The van der Waals surface area contributed by atoms with Gasteiger partial charge in [0, 0.05) is 91.8 Å². The molecule has 1 aromatic heterocycles. The number of piperidine rings is 1. The first-order chi connectivity index (χ1) is 30.6. The predicted molar refractivity (Wildman–Crippen MR) is 235 cm³/mol. The van der Waals surface area contributed by atoms with Gasteiger partial charge in [-0.15, -0.1) is 11.8 Å². The van der Waals surface area contributed by atoms with E-state index in [1.54, 1.807) is 7.11 Å². The molecular weight excluding hydrogens is 841 g/mol. The van der Waals surface area contributed by atoms with E-state index >= 15 is 4.79 Å². The number of thioether (sulfide) groups is 1. The molecule has 8 aliphatic rings. The quantitative estimate of drug-likeness (QED) is 0.102. The number of aliphatic hydroxyl groups is 1. The van der Waals surface area contributed by atoms with Gasteiger partial charge < -0.3 is 43.8 Å². The summed E-state index contributed by atoms with van der Waals surface area (Å²) in [5.74, 6) is -3.35. The molecule has 10 rings (SSSR count). The lowest BCUT2D eigenvalue weighted by Gasteiger charge is -2.58. The summed E-state index contributed by atoms with van der Waals surface area (Å²) in [6.07, 6.45) is 9.98. The van der Waals surface area contributed by atoms with Gasteiger partial charge in [0.05, 0.1) is 37.1 Å². The van der Waals surface area contributed by atoms with Gasteiger partial charge in [-0.1, -0.05) is 32.1 Å². The number of hydrogen-bond acceptors (Lipinski definition) is 14. The lowest BCUT2D eigenvalue weighted by molar-refractivity contribution is -0.182. The molecule has 7 heterocycles. The highest BCUT2D eigenvalue weighted by atomic mass is 32.2. The first kappa shape index (κ1) is 43.7. The van der Waals surface area contributed by atoms with Gasteiger partial charge in [-0.3, -0.25) is 24.2 Å². The van der Waals surface area contributed by atoms with Crippen molar-refractivity contribution in [1.29, 1.82) is 0 Å². The molecule has 16 heteroatoms. The molecule has 2 aromatic rings. The Hall–Kier alpha value is -4.19. The number of epoxide rings is 1. The van der Waals surface area contributed by atoms with Crippen molar-refractivity contribution in [1.82, 2.24) is 19.7 Å². The fourth-order valence-electron chi connectivity index (χ4n) is 14.6. The van der Waals surface area contributed by atoms with E-state index < -0.39 is 75.2 Å². The maximum atomic E-state index is 15.6. The van der Waals surface area contributed by atoms with Crippen molar-refractivity contribution in [3.63, 3.8) is 0 Å². The van der Waals surface area contributed by atoms with Gasteiger partial charge in [-0.25, -0.2) is 4.79 Å². The Labute approximate surface area is 377 Å². The lowest BCUT2D eigenvalue weighted by atomic mass is 9.48. The van der Waals surface area contributed by atoms with Crippen LogP contribution in [0.15, 0.2) is 58.7 Å². The van der Waals surface area contributed by atoms with Gasteiger partial charge >= 0.3 is 23.9 Å². The molecule has 64 heavy (non-hydrogen) atoms. The van der Waals surface area contributed by atoms with E-state index in [0.29, 0.717) is 71.2 Å². The Morgan fingerprint density at radius 2 is 1.81 bits per heavy atom. The Morgan fingerprint density at radius 1 is 1.03 bits per heavy atom. The van der Waals surface area contributed by atoms with Crippen LogP contribution in [0.4, 0.5) is 0 Å². The molecule has 12 atom stereocenters. The topological polar surface area (TPSA) is 184 Å². The second-order valence-corrected chi connectivity index (χ2v) is 20.6. The summed E-state index contributed by atoms with van der Waals surface area (Å²) in [5.41, 5.74) is -2.80. The van der Waals surface area contributed by atoms with Gasteiger partial charge in [-0.05, 0) is 86.4 Å². The normalized spacial score (nSPS) is 40.3. The van der Waals surface area contributed by atoms with E-state index in [1.165, 1.54) is 32.9 Å². The van der Waals surface area contributed by atoms with Gasteiger partial charge in [0.1, 0.15) is 5.41 Å². The van der Waals surface area contributed by atoms with Crippen molar-refractivity contribution in [3.05, 3.63) is 65.0 Å². The third kappa shape index (κ3) is 5.46. The highest BCUT2D eigenvalue weighted by Crippen LogP contribution is 2.82. The molecule has 2 aliphatic carbocycles. The van der Waals surface area contributed by atoms with Crippen molar-refractivity contribution >= 4 is 46.5 Å². The van der Waals surface area contributed by atoms with Crippen LogP contribution >= 0.6 is 11.8 Å². The number of aliphatic carboxylic acids is 1. The maximum Gasteiger partial charge on any atom is 0.347 e. The number of carbonyl (C=O) groups is 4. The average molecular weight is 901 g/mol. The number of aromatic nitrogens is 1. The Balaban J connectivity index is 1.24. The number of carboxylic acids is 1. The molecule has 0 radical (unpaired) electrons. The van der Waals surface area contributed by atoms with Crippen molar-refractivity contribution in [2.45, 2.75) is 105 Å². The van der Waals surface area contributed by atoms with Gasteiger partial charge in [-0.2, -0.15) is 0 Å². The Bertz CT molecular complexity index is 2430. The molecular formula is C48H60N4O11S. The highest BCUT2D eigenvalue weighted by molar-refractivity contribution is 8.00. The van der Waals surface area contributed by atoms with E-state index in [-0.39, 0.29) is 17.7 Å². The largest absolute Gasteiger partial charge is 0.481 e. The summed E-state index contributed by atoms with van der Waals surface area (Å²) in [6.45, 7) is 8.64. The van der Waals surface area contributed by atoms with Crippen LogP contribution in [-0.2, 0) is 54.7 Å². The number of likely N-dealkylation sites (tertiary alicyclic amines) is 1. The number of benzene rings is 1. The molecule has 4 saturated heterocycles. The molecule has 1 saturated carbocycles. The van der Waals surface area contributed by atoms with Crippen molar-refractivity contribution in [2.24, 2.45) is 22.7 Å². The minimum absolute atomic E-state index is 0.0943. The van der Waals surface area contributed by atoms with Crippen LogP contribution in [0.2, 0.25) is 0 Å². The maximum absolute atomic E-state index is 15.6. The number of carboxylic acid groups (broad SMARTS) is 1. The second kappa shape index (κ2) is 14.9. The minimum Gasteiger partial charge on any atom is -0.481 e. The summed E-state index contributed by atoms with van der Waals surface area (Å²) in [5, 5.41) is 22.6. The number of hydrogen-bond donors (Lipinski definition) is 3. The SMILES string of the molecule is CC[C@]1(O)C[C@H]2CN(CCc3c([nH]c4ccc(SCC(=O)O)cc34)[C@@](C(=O)OC)(C3C=C4C(=CC3OC)N(C)[C@@]35O[C@]3(C(=O)OC)[C@H](OC(C)=O)[C@]3(CC)C=CCN6CC[C@]45[C@@H]63)C2)C1. The molecule has 15 nitrogen and oxygen atoms in total. The van der Waals surface area contributed by atoms with E-state index in [9.17, 15) is 24.6 Å². The number of ether oxygens (including phenoxy) is 5. The number of methoxy groups -OCH3 is 3. The smallest absolute Gasteiger partial charge is 0.347 e. The molecule has 344 valence electrons. The minimum atomic E-state index is -1.68. The van der Waals surface area contributed by atoms with E-state index in [1.807, 2.05) is 32.2 Å². The molecule has 1 aromatic carbocycles. The fourth-order valence-corrected chi connectivity index (χ4v) is 15.2. The zero-order valence-electron chi connectivity index (χ0n) is 37.7. The number of H-pyrrole nitrogens is 1. The fraction of sp³-hybridized carbons (Fsp3) is 0.625. The molecule has 3 unspecified atom stereocenters. The van der Waals surface area contributed by atoms with E-state index in [4.69, 9.17) is 23.7 Å². The molecule has 2 spiro atoms. The van der Waals surface area contributed by atoms with E-state index in [2.05, 4.69) is 50.9 Å². The summed E-state index contributed by atoms with van der Waals surface area (Å²) in [4.78, 5) is 66.4. The Morgan fingerprint density at radius 3 is 2.50 bits per heavy atom. The van der Waals surface area contributed by atoms with Gasteiger partial charge in [0.2, 0.25) is 0 Å². The van der Waals surface area contributed by atoms with Crippen LogP contribution in [0.3, 0.4) is 0 Å². The van der Waals surface area contributed by atoms with Crippen molar-refractivity contribution < 1.29 is 53.1 Å². The van der Waals surface area contributed by atoms with Gasteiger partial charge in [0.25, 0.3) is 5.60 Å². The van der Waals surface area contributed by atoms with Crippen LogP contribution in [0, 0.1) is 22.7 Å². The van der Waals surface area contributed by atoms with Crippen LogP contribution < -0.4 is 0 Å². The number of rotatable bonds is 10. The van der Waals surface area contributed by atoms with E-state index in [0.717, 1.165) is 38.3 Å². The molecule has 3 N–H and O–H groups in total. The third-order valence-electron chi connectivity index (χ3n) is 16.9. The van der Waals surface area contributed by atoms with Gasteiger partial charge in [0.15, 0.2) is 11.8 Å². The molecule has 0 amide bonds. The van der Waals surface area contributed by atoms with Crippen molar-refractivity contribution in [3.8, 4) is 0 Å². The zero-order valence-corrected chi connectivity index (χ0v) is 38.5. The molecule has 5 fully saturated rings. The standard InChI is InChI=1S/C48H60N4O11S/c1-8-43(58)22-28-23-45(41(56)60-6,38-30(13-17-51(24-28)26-43)31-19-29(64-25-37(54)55)11-12-34(31)49-38)33-20-32-35(21-36(33)59-5)50(4)48-46(32)15-18-52-16-10-14-44(9-2,39(46)52)40(62-27(3)53)47(48,63-48)42(57)61-7/h10-12,14,19-21,28,33,36,39-40,49,58H,8-9,13,15-18,22-26H2,1-7H3,(H,54,55)/t28-,33?,36?,39+,40-,43+,44-,45+,46-,47+,48+/m1/s1. The summed E-state index contributed by atoms with van der Waals surface area (Å²) in [7, 11) is 6.37. The number of nitrogens with one attached hydrogen (secondary N) is 1. The van der Waals surface area contributed by atoms with Crippen LogP contribution in [0.1, 0.15) is 64.1 Å². The summed E-state index contributed by atoms with van der Waals surface area (Å²) >= 11 is 1.25. The summed E-state index contributed by atoms with van der Waals surface area (Å²) < 4.78 is 31.7. The number of esters is 3. The summed E-state index contributed by atoms with van der Waals surface area (Å²) in [6, 6.07) is 5.62. The highest BCUT2D eigenvalue weighted by Gasteiger charge is 2.99. The number of nitrogens with zero attached hydrogens (tertiary/aromatic N) is 3. The number of aromatic amines is 1. The monoisotopic (exact) mass is 900 g/mol. The number of fused-ring (bicyclic) bond motifs is 6. The number of likely N-dealkylation sites (N-methyl/N-ethyl adjacent to an activating group) is 1. The molecule has 6 aliphatic heterocycles. The number of carbonyl (C=O) groups excluding carboxylic acids is 3. The lowest BCUT2D eigenvalue weighted by Crippen LogP contribution is -2.73. The first-order valence-electron chi connectivity index (χ1n) is 22.7. The van der Waals surface area contributed by atoms with Crippen molar-refractivity contribution in [2.75, 3.05) is 66.9 Å². The van der Waals surface area contributed by atoms with Crippen LogP contribution in [0.25, 0.3) is 10.9 Å². The Kier molecular flexibility index (Phi) is 10.2. The number of allylic oxidation sites excluding steroid dienone is 1. The van der Waals surface area contributed by atoms with Crippen LogP contribution in [-0.4, -0.2) is 156 Å². The predicted octanol–water partition coefficient (Wildman–Crippen LogP) is 4.18. The molecule has 2 bridgehead atoms. The van der Waals surface area contributed by atoms with Crippen LogP contribution in [0.5, 0.6) is 0 Å². The first-order valence-corrected chi connectivity index (χ1v) is 23.7. The second-order valence-electron chi connectivity index (χ2n) is 19.5.